The van der Waals surface area contributed by atoms with Crippen LogP contribution in [-0.2, 0) is 13.0 Å². The van der Waals surface area contributed by atoms with E-state index in [2.05, 4.69) is 5.32 Å². The molecule has 5 rings (SSSR count). The fraction of sp³-hybridized carbons (Fsp3) is 0.240. The highest BCUT2D eigenvalue weighted by atomic mass is 19.1. The number of aryl methyl sites for hydroxylation is 1. The molecular formula is C25H20F3N3O4. The Morgan fingerprint density at radius 3 is 2.57 bits per heavy atom. The van der Waals surface area contributed by atoms with Crippen LogP contribution < -0.4 is 15.6 Å². The number of nitrogens with one attached hydrogen (secondary N) is 1. The van der Waals surface area contributed by atoms with Gasteiger partial charge in [0.25, 0.3) is 11.8 Å². The number of pyridine rings is 1. The van der Waals surface area contributed by atoms with E-state index in [1.807, 2.05) is 0 Å². The van der Waals surface area contributed by atoms with Crippen molar-refractivity contribution in [3.05, 3.63) is 92.2 Å². The molecule has 3 aromatic rings. The molecule has 3 heterocycles. The summed E-state index contributed by atoms with van der Waals surface area (Å²) in [5.74, 6) is -4.71. The lowest BCUT2D eigenvalue weighted by atomic mass is 10.0. The molecule has 2 N–H and O–H groups in total. The minimum absolute atomic E-state index is 0.158. The van der Waals surface area contributed by atoms with E-state index in [-0.39, 0.29) is 17.8 Å². The molecular weight excluding hydrogens is 463 g/mol. The maximum absolute atomic E-state index is 14.4. The summed E-state index contributed by atoms with van der Waals surface area (Å²) < 4.78 is 44.1. The monoisotopic (exact) mass is 483 g/mol. The standard InChI is InChI=1S/C25H20F3N3O4/c1-12-7-18(27)15(19(28)8-12)9-29-24(34)16-11-30-13-5-6-14-17(26)3-2-4-20(14)31(10-13)25(35)21(30)23(33)22(16)32/h2-4,7-8,11,13,33H,5-6,9-10H2,1H3,(H,29,34)/t13-/m1/s1. The molecule has 35 heavy (non-hydrogen) atoms. The summed E-state index contributed by atoms with van der Waals surface area (Å²) >= 11 is 0. The summed E-state index contributed by atoms with van der Waals surface area (Å²) in [5.41, 5.74) is -1.13. The molecule has 2 bridgehead atoms. The summed E-state index contributed by atoms with van der Waals surface area (Å²) in [7, 11) is 0. The van der Waals surface area contributed by atoms with Crippen molar-refractivity contribution in [1.29, 1.82) is 0 Å². The van der Waals surface area contributed by atoms with E-state index in [1.165, 1.54) is 34.7 Å². The van der Waals surface area contributed by atoms with E-state index < -0.39 is 58.6 Å². The third kappa shape index (κ3) is 3.65. The maximum Gasteiger partial charge on any atom is 0.279 e. The van der Waals surface area contributed by atoms with Gasteiger partial charge in [0.1, 0.15) is 23.0 Å². The first-order chi connectivity index (χ1) is 16.7. The molecule has 180 valence electrons. The van der Waals surface area contributed by atoms with Gasteiger partial charge in [-0.25, -0.2) is 13.2 Å². The highest BCUT2D eigenvalue weighted by Gasteiger charge is 2.39. The van der Waals surface area contributed by atoms with E-state index in [0.717, 1.165) is 12.1 Å². The van der Waals surface area contributed by atoms with Crippen LogP contribution in [-0.4, -0.2) is 28.0 Å². The number of nitrogens with zero attached hydrogens (tertiary/aromatic N) is 2. The van der Waals surface area contributed by atoms with Gasteiger partial charge in [-0.2, -0.15) is 0 Å². The average Bonchev–Trinajstić information content (AvgIpc) is 2.98. The Kier molecular flexibility index (Phi) is 5.38. The van der Waals surface area contributed by atoms with Crippen LogP contribution in [0.2, 0.25) is 0 Å². The van der Waals surface area contributed by atoms with Crippen LogP contribution in [0, 0.1) is 24.4 Å². The van der Waals surface area contributed by atoms with Gasteiger partial charge < -0.3 is 19.9 Å². The maximum atomic E-state index is 14.4. The lowest BCUT2D eigenvalue weighted by Crippen LogP contribution is -2.44. The Morgan fingerprint density at radius 2 is 1.86 bits per heavy atom. The molecule has 2 aliphatic heterocycles. The number of halogens is 3. The van der Waals surface area contributed by atoms with Crippen LogP contribution in [0.5, 0.6) is 5.75 Å². The molecule has 0 spiro atoms. The Morgan fingerprint density at radius 1 is 1.14 bits per heavy atom. The van der Waals surface area contributed by atoms with Gasteiger partial charge >= 0.3 is 0 Å². The quantitative estimate of drug-likeness (QED) is 0.598. The minimum Gasteiger partial charge on any atom is -0.503 e. The van der Waals surface area contributed by atoms with E-state index in [0.29, 0.717) is 29.7 Å². The predicted octanol–water partition coefficient (Wildman–Crippen LogP) is 3.36. The highest BCUT2D eigenvalue weighted by Crippen LogP contribution is 2.38. The average molecular weight is 483 g/mol. The zero-order chi connectivity index (χ0) is 25.0. The summed E-state index contributed by atoms with van der Waals surface area (Å²) in [5, 5.41) is 12.9. The van der Waals surface area contributed by atoms with Gasteiger partial charge in [-0.05, 0) is 49.6 Å². The first-order valence-corrected chi connectivity index (χ1v) is 11.0. The van der Waals surface area contributed by atoms with Crippen molar-refractivity contribution >= 4 is 17.5 Å². The van der Waals surface area contributed by atoms with Gasteiger partial charge in [-0.15, -0.1) is 0 Å². The number of amides is 2. The van der Waals surface area contributed by atoms with E-state index in [4.69, 9.17) is 0 Å². The minimum atomic E-state index is -1.09. The van der Waals surface area contributed by atoms with Crippen molar-refractivity contribution in [3.63, 3.8) is 0 Å². The van der Waals surface area contributed by atoms with Crippen LogP contribution >= 0.6 is 0 Å². The lowest BCUT2D eigenvalue weighted by molar-refractivity contribution is 0.0929. The number of benzene rings is 2. The Balaban J connectivity index is 1.51. The van der Waals surface area contributed by atoms with Crippen molar-refractivity contribution in [2.75, 3.05) is 11.4 Å². The Bertz CT molecular complexity index is 1440. The molecule has 2 amide bonds. The molecule has 0 radical (unpaired) electrons. The van der Waals surface area contributed by atoms with Gasteiger partial charge in [0.05, 0.1) is 11.7 Å². The molecule has 0 fully saturated rings. The van der Waals surface area contributed by atoms with E-state index in [9.17, 15) is 32.7 Å². The molecule has 0 saturated carbocycles. The molecule has 1 aromatic heterocycles. The summed E-state index contributed by atoms with van der Waals surface area (Å²) in [6, 6.07) is 6.18. The van der Waals surface area contributed by atoms with Gasteiger partial charge in [-0.3, -0.25) is 14.4 Å². The highest BCUT2D eigenvalue weighted by molar-refractivity contribution is 6.08. The van der Waals surface area contributed by atoms with Crippen LogP contribution in [0.25, 0.3) is 0 Å². The second-order valence-corrected chi connectivity index (χ2v) is 8.71. The van der Waals surface area contributed by atoms with Crippen LogP contribution in [0.1, 0.15) is 50.0 Å². The van der Waals surface area contributed by atoms with Crippen molar-refractivity contribution in [3.8, 4) is 5.75 Å². The molecule has 0 unspecified atom stereocenters. The molecule has 0 saturated heterocycles. The molecule has 1 atom stereocenters. The van der Waals surface area contributed by atoms with Crippen molar-refractivity contribution in [1.82, 2.24) is 9.88 Å². The largest absolute Gasteiger partial charge is 0.503 e. The van der Waals surface area contributed by atoms with Gasteiger partial charge in [-0.1, -0.05) is 6.07 Å². The zero-order valence-electron chi connectivity index (χ0n) is 18.6. The van der Waals surface area contributed by atoms with E-state index in [1.54, 1.807) is 6.07 Å². The fourth-order valence-corrected chi connectivity index (χ4v) is 4.75. The molecule has 2 aromatic carbocycles. The van der Waals surface area contributed by atoms with Crippen LogP contribution in [0.15, 0.2) is 41.3 Å². The normalized spacial score (nSPS) is 16.4. The SMILES string of the molecule is Cc1cc(F)c(CNC(=O)c2cn3c(c(O)c2=O)C(=O)N2C[C@H]3CCc3c(F)cccc32)c(F)c1. The summed E-state index contributed by atoms with van der Waals surface area (Å²) in [6.45, 7) is 1.16. The Hall–Kier alpha value is -4.08. The number of carbonyl (C=O) groups excluding carboxylic acids is 2. The van der Waals surface area contributed by atoms with Crippen molar-refractivity contribution in [2.45, 2.75) is 32.4 Å². The second kappa shape index (κ2) is 8.30. The van der Waals surface area contributed by atoms with Gasteiger partial charge in [0.15, 0.2) is 11.4 Å². The number of rotatable bonds is 3. The number of carbonyl (C=O) groups is 2. The number of hydrogen-bond donors (Lipinski definition) is 2. The van der Waals surface area contributed by atoms with Crippen LogP contribution in [0.4, 0.5) is 18.9 Å². The zero-order valence-corrected chi connectivity index (χ0v) is 18.6. The lowest BCUT2D eigenvalue weighted by Gasteiger charge is -2.35. The summed E-state index contributed by atoms with van der Waals surface area (Å²) in [4.78, 5) is 40.2. The third-order valence-electron chi connectivity index (χ3n) is 6.51. The second-order valence-electron chi connectivity index (χ2n) is 8.71. The van der Waals surface area contributed by atoms with Crippen molar-refractivity contribution < 1.29 is 27.9 Å². The number of hydrogen-bond acceptors (Lipinski definition) is 4. The van der Waals surface area contributed by atoms with Gasteiger partial charge in [0.2, 0.25) is 5.43 Å². The number of aromatic nitrogens is 1. The first-order valence-electron chi connectivity index (χ1n) is 11.0. The predicted molar refractivity (Wildman–Crippen MR) is 120 cm³/mol. The van der Waals surface area contributed by atoms with Crippen LogP contribution in [0.3, 0.4) is 0 Å². The first kappa shape index (κ1) is 22.7. The number of anilines is 1. The topological polar surface area (TPSA) is 91.6 Å². The number of fused-ring (bicyclic) bond motifs is 6. The molecule has 0 aliphatic carbocycles. The molecule has 2 aliphatic rings. The van der Waals surface area contributed by atoms with Crippen molar-refractivity contribution in [2.24, 2.45) is 0 Å². The van der Waals surface area contributed by atoms with E-state index >= 15 is 0 Å². The smallest absolute Gasteiger partial charge is 0.279 e. The fourth-order valence-electron chi connectivity index (χ4n) is 4.75. The molecule has 10 heteroatoms. The van der Waals surface area contributed by atoms with Gasteiger partial charge in [0, 0.05) is 30.4 Å². The Labute approximate surface area is 197 Å². The third-order valence-corrected chi connectivity index (χ3v) is 6.51. The molecule has 7 nitrogen and oxygen atoms in total. The number of aromatic hydroxyl groups is 1. The summed E-state index contributed by atoms with van der Waals surface area (Å²) in [6.07, 6.45) is 1.85.